The van der Waals surface area contributed by atoms with Crippen LogP contribution in [0.15, 0.2) is 30.3 Å². The Morgan fingerprint density at radius 2 is 2.05 bits per heavy atom. The predicted molar refractivity (Wildman–Crippen MR) is 68.9 cm³/mol. The van der Waals surface area contributed by atoms with Gasteiger partial charge in [-0.1, -0.05) is 30.3 Å². The van der Waals surface area contributed by atoms with Crippen molar-refractivity contribution in [1.29, 1.82) is 0 Å². The number of piperidine rings is 1. The summed E-state index contributed by atoms with van der Waals surface area (Å²) in [5.74, 6) is 0. The number of alkyl halides is 1. The molecule has 2 aliphatic heterocycles. The molecule has 0 aromatic heterocycles. The van der Waals surface area contributed by atoms with E-state index in [1.165, 1.54) is 0 Å². The van der Waals surface area contributed by atoms with Crippen molar-refractivity contribution in [3.05, 3.63) is 35.9 Å². The van der Waals surface area contributed by atoms with E-state index in [0.717, 1.165) is 10.5 Å². The maximum absolute atomic E-state index is 14.2. The smallest absolute Gasteiger partial charge is 0.412 e. The number of carbonyl (C=O) groups excluding carboxylic acids is 1. The second-order valence-electron chi connectivity index (χ2n) is 5.16. The lowest BCUT2D eigenvalue weighted by Gasteiger charge is -2.42. The number of aliphatic hydroxyl groups is 2. The third-order valence-electron chi connectivity index (χ3n) is 3.85. The lowest BCUT2D eigenvalue weighted by atomic mass is 9.94. The quantitative estimate of drug-likeness (QED) is 0.845. The molecule has 2 fully saturated rings. The normalized spacial score (nSPS) is 35.5. The average molecular weight is 297 g/mol. The summed E-state index contributed by atoms with van der Waals surface area (Å²) in [4.78, 5) is 12.3. The van der Waals surface area contributed by atoms with Crippen molar-refractivity contribution in [1.82, 2.24) is 4.90 Å². The lowest BCUT2D eigenvalue weighted by molar-refractivity contribution is -0.191. The summed E-state index contributed by atoms with van der Waals surface area (Å²) in [5.41, 5.74) is 0.826. The molecule has 0 aliphatic carbocycles. The van der Waals surface area contributed by atoms with Crippen LogP contribution in [0, 0.1) is 0 Å². The van der Waals surface area contributed by atoms with Crippen LogP contribution >= 0.6 is 0 Å². The molecular weight excluding hydrogens is 281 g/mol. The van der Waals surface area contributed by atoms with Crippen LogP contribution in [0.4, 0.5) is 9.18 Å². The Bertz CT molecular complexity index is 513. The Morgan fingerprint density at radius 1 is 1.33 bits per heavy atom. The molecule has 0 unspecified atom stereocenters. The summed E-state index contributed by atoms with van der Waals surface area (Å²) in [6.45, 7) is 0.0200. The highest BCUT2D eigenvalue weighted by molar-refractivity contribution is 5.71. The minimum atomic E-state index is -1.90. The van der Waals surface area contributed by atoms with Gasteiger partial charge in [-0.25, -0.2) is 9.18 Å². The SMILES string of the molecule is O=C1OC[C@@H]2[C@@H](O)[C@H](OCc3ccccc3)[C@H](F)[C@@H](O)N12. The van der Waals surface area contributed by atoms with Gasteiger partial charge in [0.2, 0.25) is 0 Å². The van der Waals surface area contributed by atoms with Crippen molar-refractivity contribution < 1.29 is 28.9 Å². The Morgan fingerprint density at radius 3 is 2.76 bits per heavy atom. The zero-order valence-corrected chi connectivity index (χ0v) is 11.1. The van der Waals surface area contributed by atoms with Crippen molar-refractivity contribution in [2.45, 2.75) is 37.3 Å². The van der Waals surface area contributed by atoms with Gasteiger partial charge in [0.05, 0.1) is 6.61 Å². The van der Waals surface area contributed by atoms with E-state index in [0.29, 0.717) is 0 Å². The van der Waals surface area contributed by atoms with E-state index in [4.69, 9.17) is 9.47 Å². The number of cyclic esters (lactones) is 1. The van der Waals surface area contributed by atoms with E-state index in [1.807, 2.05) is 30.3 Å². The molecule has 5 atom stereocenters. The van der Waals surface area contributed by atoms with E-state index in [2.05, 4.69) is 0 Å². The third kappa shape index (κ3) is 2.48. The first-order chi connectivity index (χ1) is 10.1. The number of ether oxygens (including phenoxy) is 2. The van der Waals surface area contributed by atoms with Gasteiger partial charge in [-0.15, -0.1) is 0 Å². The molecule has 2 N–H and O–H groups in total. The van der Waals surface area contributed by atoms with Gasteiger partial charge < -0.3 is 19.7 Å². The van der Waals surface area contributed by atoms with Crippen molar-refractivity contribution in [2.24, 2.45) is 0 Å². The number of rotatable bonds is 3. The first-order valence-electron chi connectivity index (χ1n) is 6.70. The number of nitrogens with zero attached hydrogens (tertiary/aromatic N) is 1. The zero-order chi connectivity index (χ0) is 15.0. The standard InChI is InChI=1S/C14H16FNO5/c15-10-12(20-6-8-4-2-1-3-5-8)11(17)9-7-21-14(19)16(9)13(10)18/h1-5,9-13,17-18H,6-7H2/t9-,10+,11-,12-,13-/m1/s1. The van der Waals surface area contributed by atoms with Crippen LogP contribution < -0.4 is 0 Å². The number of halogens is 1. The molecule has 0 spiro atoms. The molecule has 2 heterocycles. The zero-order valence-electron chi connectivity index (χ0n) is 11.1. The van der Waals surface area contributed by atoms with Gasteiger partial charge in [-0.2, -0.15) is 0 Å². The summed E-state index contributed by atoms with van der Waals surface area (Å²) in [7, 11) is 0. The van der Waals surface area contributed by atoms with E-state index in [-0.39, 0.29) is 13.2 Å². The molecule has 3 rings (SSSR count). The number of hydrogen-bond acceptors (Lipinski definition) is 5. The molecule has 7 heteroatoms. The van der Waals surface area contributed by atoms with Crippen LogP contribution in [0.3, 0.4) is 0 Å². The molecule has 1 aromatic rings. The van der Waals surface area contributed by atoms with Gasteiger partial charge in [0.1, 0.15) is 24.9 Å². The highest BCUT2D eigenvalue weighted by atomic mass is 19.1. The minimum absolute atomic E-state index is 0.0883. The van der Waals surface area contributed by atoms with E-state index in [1.54, 1.807) is 0 Å². The summed E-state index contributed by atoms with van der Waals surface area (Å²) < 4.78 is 24.4. The van der Waals surface area contributed by atoms with Gasteiger partial charge in [0.25, 0.3) is 0 Å². The first-order valence-corrected chi connectivity index (χ1v) is 6.70. The van der Waals surface area contributed by atoms with Crippen molar-refractivity contribution in [3.63, 3.8) is 0 Å². The van der Waals surface area contributed by atoms with Crippen LogP contribution in [0.5, 0.6) is 0 Å². The van der Waals surface area contributed by atoms with Crippen LogP contribution in [-0.4, -0.2) is 58.5 Å². The second kappa shape index (κ2) is 5.59. The van der Waals surface area contributed by atoms with Gasteiger partial charge in [-0.3, -0.25) is 4.90 Å². The molecule has 0 saturated carbocycles. The van der Waals surface area contributed by atoms with Crippen LogP contribution in [0.25, 0.3) is 0 Å². The topological polar surface area (TPSA) is 79.2 Å². The molecule has 21 heavy (non-hydrogen) atoms. The fourth-order valence-electron chi connectivity index (χ4n) is 2.70. The van der Waals surface area contributed by atoms with Gasteiger partial charge >= 0.3 is 6.09 Å². The Balaban J connectivity index is 1.71. The number of aliphatic hydroxyl groups excluding tert-OH is 2. The molecule has 2 saturated heterocycles. The number of hydrogen-bond donors (Lipinski definition) is 2. The minimum Gasteiger partial charge on any atom is -0.447 e. The van der Waals surface area contributed by atoms with E-state index < -0.39 is 36.7 Å². The molecule has 1 amide bonds. The lowest BCUT2D eigenvalue weighted by Crippen LogP contribution is -2.64. The summed E-state index contributed by atoms with van der Waals surface area (Å²) in [5, 5.41) is 20.0. The number of benzene rings is 1. The van der Waals surface area contributed by atoms with Crippen molar-refractivity contribution in [3.8, 4) is 0 Å². The Kier molecular flexibility index (Phi) is 3.79. The van der Waals surface area contributed by atoms with Gasteiger partial charge in [0, 0.05) is 0 Å². The number of carbonyl (C=O) groups is 1. The van der Waals surface area contributed by atoms with Crippen molar-refractivity contribution in [2.75, 3.05) is 6.61 Å². The number of amides is 1. The van der Waals surface area contributed by atoms with E-state index >= 15 is 0 Å². The summed E-state index contributed by atoms with van der Waals surface area (Å²) in [6, 6.07) is 8.33. The van der Waals surface area contributed by atoms with Gasteiger partial charge in [-0.05, 0) is 5.56 Å². The Labute approximate surface area is 120 Å². The number of fused-ring (bicyclic) bond motifs is 1. The predicted octanol–water partition coefficient (Wildman–Crippen LogP) is 0.424. The largest absolute Gasteiger partial charge is 0.447 e. The molecule has 1 aromatic carbocycles. The maximum Gasteiger partial charge on any atom is 0.412 e. The maximum atomic E-state index is 14.2. The molecule has 2 aliphatic rings. The highest BCUT2D eigenvalue weighted by Crippen LogP contribution is 2.32. The average Bonchev–Trinajstić information content (AvgIpc) is 2.88. The molecular formula is C14H16FNO5. The summed E-state index contributed by atoms with van der Waals surface area (Å²) in [6.07, 6.45) is -6.86. The highest BCUT2D eigenvalue weighted by Gasteiger charge is 2.55. The van der Waals surface area contributed by atoms with E-state index in [9.17, 15) is 19.4 Å². The second-order valence-corrected chi connectivity index (χ2v) is 5.16. The molecule has 6 nitrogen and oxygen atoms in total. The fraction of sp³-hybridized carbons (Fsp3) is 0.500. The molecule has 0 bridgehead atoms. The third-order valence-corrected chi connectivity index (χ3v) is 3.85. The van der Waals surface area contributed by atoms with Crippen LogP contribution in [0.1, 0.15) is 5.56 Å². The van der Waals surface area contributed by atoms with Crippen LogP contribution in [-0.2, 0) is 16.1 Å². The van der Waals surface area contributed by atoms with Crippen LogP contribution in [0.2, 0.25) is 0 Å². The first kappa shape index (κ1) is 14.2. The van der Waals surface area contributed by atoms with Gasteiger partial charge in [0.15, 0.2) is 12.4 Å². The van der Waals surface area contributed by atoms with Crippen molar-refractivity contribution >= 4 is 6.09 Å². The summed E-state index contributed by atoms with van der Waals surface area (Å²) >= 11 is 0. The molecule has 114 valence electrons. The monoisotopic (exact) mass is 297 g/mol. The molecule has 0 radical (unpaired) electrons. The Hall–Kier alpha value is -1.70. The fourth-order valence-corrected chi connectivity index (χ4v) is 2.70.